The van der Waals surface area contributed by atoms with Gasteiger partial charge in [0.25, 0.3) is 5.91 Å². The molecule has 2 N–H and O–H groups in total. The lowest BCUT2D eigenvalue weighted by molar-refractivity contribution is 0.0946. The molecule has 0 saturated carbocycles. The molecule has 1 aliphatic rings. The van der Waals surface area contributed by atoms with Crippen LogP contribution < -0.4 is 10.6 Å². The summed E-state index contributed by atoms with van der Waals surface area (Å²) in [6.45, 7) is 1.21. The number of carbonyl (C=O) groups is 1. The van der Waals surface area contributed by atoms with Crippen LogP contribution in [0.4, 0.5) is 5.95 Å². The van der Waals surface area contributed by atoms with Crippen LogP contribution in [0.2, 0.25) is 0 Å². The van der Waals surface area contributed by atoms with Gasteiger partial charge >= 0.3 is 0 Å². The number of nitrogens with one attached hydrogen (secondary N) is 2. The smallest absolute Gasteiger partial charge is 0.270 e. The Morgan fingerprint density at radius 2 is 2.16 bits per heavy atom. The Morgan fingerprint density at radius 3 is 2.96 bits per heavy atom. The van der Waals surface area contributed by atoms with Gasteiger partial charge in [-0.3, -0.25) is 9.78 Å². The van der Waals surface area contributed by atoms with Crippen LogP contribution >= 0.6 is 0 Å². The fraction of sp³-hybridized carbons (Fsp3) is 0.368. The average Bonchev–Trinajstić information content (AvgIpc) is 2.68. The molecule has 0 atom stereocenters. The number of pyridine rings is 1. The number of anilines is 1. The van der Waals surface area contributed by atoms with Crippen molar-refractivity contribution in [3.05, 3.63) is 59.7 Å². The molecule has 2 heterocycles. The zero-order valence-corrected chi connectivity index (χ0v) is 14.2. The van der Waals surface area contributed by atoms with Gasteiger partial charge in [0.2, 0.25) is 5.95 Å². The summed E-state index contributed by atoms with van der Waals surface area (Å²) in [5.41, 5.74) is 2.81. The van der Waals surface area contributed by atoms with Crippen LogP contribution in [0.1, 0.15) is 48.2 Å². The molecule has 130 valence electrons. The Bertz CT molecular complexity index is 730. The Labute approximate surface area is 147 Å². The molecule has 6 nitrogen and oxygen atoms in total. The molecule has 0 fully saturated rings. The van der Waals surface area contributed by atoms with E-state index in [-0.39, 0.29) is 5.91 Å². The molecular formula is C19H23N5O. The average molecular weight is 337 g/mol. The molecule has 2 aromatic rings. The van der Waals surface area contributed by atoms with Crippen LogP contribution in [0.25, 0.3) is 0 Å². The second kappa shape index (κ2) is 8.92. The van der Waals surface area contributed by atoms with Crippen LogP contribution in [0.3, 0.4) is 0 Å². The Morgan fingerprint density at radius 1 is 1.20 bits per heavy atom. The quantitative estimate of drug-likeness (QED) is 0.759. The second-order valence-corrected chi connectivity index (χ2v) is 6.09. The van der Waals surface area contributed by atoms with Gasteiger partial charge in [-0.05, 0) is 49.8 Å². The van der Waals surface area contributed by atoms with E-state index in [0.717, 1.165) is 18.5 Å². The van der Waals surface area contributed by atoms with E-state index in [2.05, 4.69) is 31.7 Å². The number of hydrogen-bond donors (Lipinski definition) is 2. The van der Waals surface area contributed by atoms with Crippen molar-refractivity contribution in [2.24, 2.45) is 0 Å². The number of allylic oxidation sites excluding steroid dienone is 1. The van der Waals surface area contributed by atoms with Crippen molar-refractivity contribution in [1.29, 1.82) is 0 Å². The van der Waals surface area contributed by atoms with Gasteiger partial charge < -0.3 is 10.6 Å². The lowest BCUT2D eigenvalue weighted by Gasteiger charge is -2.13. The third kappa shape index (κ3) is 5.38. The lowest BCUT2D eigenvalue weighted by Crippen LogP contribution is -2.24. The molecule has 1 amide bonds. The van der Waals surface area contributed by atoms with Crippen LogP contribution in [0, 0.1) is 0 Å². The van der Waals surface area contributed by atoms with Gasteiger partial charge in [0.1, 0.15) is 5.69 Å². The van der Waals surface area contributed by atoms with E-state index in [9.17, 15) is 4.79 Å². The number of rotatable bonds is 7. The molecule has 3 rings (SSSR count). The summed E-state index contributed by atoms with van der Waals surface area (Å²) in [7, 11) is 0. The number of amides is 1. The van der Waals surface area contributed by atoms with Crippen molar-refractivity contribution in [1.82, 2.24) is 20.3 Å². The maximum atomic E-state index is 12.2. The molecule has 1 aliphatic carbocycles. The van der Waals surface area contributed by atoms with Gasteiger partial charge in [-0.15, -0.1) is 0 Å². The fourth-order valence-electron chi connectivity index (χ4n) is 2.81. The van der Waals surface area contributed by atoms with Gasteiger partial charge in [0.05, 0.1) is 0 Å². The van der Waals surface area contributed by atoms with Crippen molar-refractivity contribution in [3.63, 3.8) is 0 Å². The van der Waals surface area contributed by atoms with Crippen molar-refractivity contribution in [2.45, 2.75) is 38.6 Å². The zero-order chi connectivity index (χ0) is 17.3. The molecule has 25 heavy (non-hydrogen) atoms. The first-order valence-corrected chi connectivity index (χ1v) is 8.73. The van der Waals surface area contributed by atoms with E-state index in [1.54, 1.807) is 24.7 Å². The van der Waals surface area contributed by atoms with Gasteiger partial charge in [-0.2, -0.15) is 0 Å². The van der Waals surface area contributed by atoms with E-state index < -0.39 is 0 Å². The molecule has 0 unspecified atom stereocenters. The fourth-order valence-corrected chi connectivity index (χ4v) is 2.81. The SMILES string of the molecule is O=C(NCc1cccnc1)c1ccnc(NCCC2=CCCCC2)n1. The van der Waals surface area contributed by atoms with Crippen LogP contribution in [0.15, 0.2) is 48.4 Å². The highest BCUT2D eigenvalue weighted by molar-refractivity contribution is 5.92. The van der Waals surface area contributed by atoms with E-state index in [4.69, 9.17) is 0 Å². The summed E-state index contributed by atoms with van der Waals surface area (Å²) in [5, 5.41) is 6.05. The third-order valence-corrected chi connectivity index (χ3v) is 4.18. The maximum absolute atomic E-state index is 12.2. The zero-order valence-electron chi connectivity index (χ0n) is 14.2. The minimum Gasteiger partial charge on any atom is -0.354 e. The van der Waals surface area contributed by atoms with Crippen molar-refractivity contribution in [3.8, 4) is 0 Å². The molecule has 0 aromatic carbocycles. The monoisotopic (exact) mass is 337 g/mol. The molecule has 6 heteroatoms. The van der Waals surface area contributed by atoms with E-state index >= 15 is 0 Å². The number of carbonyl (C=O) groups excluding carboxylic acids is 1. The van der Waals surface area contributed by atoms with E-state index in [0.29, 0.717) is 18.2 Å². The summed E-state index contributed by atoms with van der Waals surface area (Å²) >= 11 is 0. The Balaban J connectivity index is 1.50. The number of hydrogen-bond acceptors (Lipinski definition) is 5. The van der Waals surface area contributed by atoms with Crippen LogP contribution in [-0.4, -0.2) is 27.4 Å². The predicted molar refractivity (Wildman–Crippen MR) is 97.1 cm³/mol. The second-order valence-electron chi connectivity index (χ2n) is 6.09. The number of aromatic nitrogens is 3. The lowest BCUT2D eigenvalue weighted by atomic mass is 9.97. The molecular weight excluding hydrogens is 314 g/mol. The van der Waals surface area contributed by atoms with E-state index in [1.807, 2.05) is 12.1 Å². The number of nitrogens with zero attached hydrogens (tertiary/aromatic N) is 3. The molecule has 0 bridgehead atoms. The highest BCUT2D eigenvalue weighted by atomic mass is 16.1. The van der Waals surface area contributed by atoms with Gasteiger partial charge in [0.15, 0.2) is 0 Å². The van der Waals surface area contributed by atoms with Gasteiger partial charge in [-0.1, -0.05) is 17.7 Å². The highest BCUT2D eigenvalue weighted by Crippen LogP contribution is 2.19. The normalized spacial score (nSPS) is 13.8. The Hall–Kier alpha value is -2.76. The first-order chi connectivity index (χ1) is 12.3. The third-order valence-electron chi connectivity index (χ3n) is 4.18. The van der Waals surface area contributed by atoms with E-state index in [1.165, 1.54) is 31.3 Å². The minimum atomic E-state index is -0.218. The molecule has 0 saturated heterocycles. The maximum Gasteiger partial charge on any atom is 0.270 e. The summed E-state index contributed by atoms with van der Waals surface area (Å²) in [6, 6.07) is 5.38. The molecule has 0 radical (unpaired) electrons. The van der Waals surface area contributed by atoms with Gasteiger partial charge in [0, 0.05) is 31.7 Å². The Kier molecular flexibility index (Phi) is 6.09. The van der Waals surface area contributed by atoms with Gasteiger partial charge in [-0.25, -0.2) is 9.97 Å². The van der Waals surface area contributed by atoms with Crippen molar-refractivity contribution >= 4 is 11.9 Å². The summed E-state index contributed by atoms with van der Waals surface area (Å²) in [5.74, 6) is 0.273. The van der Waals surface area contributed by atoms with Crippen LogP contribution in [-0.2, 0) is 6.54 Å². The standard InChI is InChI=1S/C19H23N5O/c25-18(23-14-16-7-4-10-20-13-16)17-9-12-22-19(24-17)21-11-8-15-5-2-1-3-6-15/h4-5,7,9-10,12-13H,1-3,6,8,11,14H2,(H,23,25)(H,21,22,24). The molecule has 0 aliphatic heterocycles. The highest BCUT2D eigenvalue weighted by Gasteiger charge is 2.09. The first-order valence-electron chi connectivity index (χ1n) is 8.73. The predicted octanol–water partition coefficient (Wildman–Crippen LogP) is 3.10. The summed E-state index contributed by atoms with van der Waals surface area (Å²) in [6.07, 6.45) is 13.4. The topological polar surface area (TPSA) is 79.8 Å². The summed E-state index contributed by atoms with van der Waals surface area (Å²) < 4.78 is 0. The minimum absolute atomic E-state index is 0.218. The largest absolute Gasteiger partial charge is 0.354 e. The van der Waals surface area contributed by atoms with Crippen LogP contribution in [0.5, 0.6) is 0 Å². The molecule has 2 aromatic heterocycles. The summed E-state index contributed by atoms with van der Waals surface area (Å²) in [4.78, 5) is 24.8. The van der Waals surface area contributed by atoms with Crippen molar-refractivity contribution < 1.29 is 4.79 Å². The van der Waals surface area contributed by atoms with Crippen molar-refractivity contribution in [2.75, 3.05) is 11.9 Å². The first kappa shape index (κ1) is 17.1. The molecule has 0 spiro atoms.